The lowest BCUT2D eigenvalue weighted by Gasteiger charge is -2.00. The van der Waals surface area contributed by atoms with E-state index in [0.29, 0.717) is 4.73 Å². The summed E-state index contributed by atoms with van der Waals surface area (Å²) in [5.41, 5.74) is 0.0185. The maximum Gasteiger partial charge on any atom is 0.337 e. The second-order valence-corrected chi connectivity index (χ2v) is 1.57. The number of rotatable bonds is 1. The van der Waals surface area contributed by atoms with Gasteiger partial charge in [-0.15, -0.1) is 0 Å². The highest BCUT2D eigenvalue weighted by molar-refractivity contribution is 5.87. The van der Waals surface area contributed by atoms with Gasteiger partial charge >= 0.3 is 5.97 Å². The van der Waals surface area contributed by atoms with Crippen LogP contribution < -0.4 is 0 Å². The minimum Gasteiger partial charge on any atom is -0.806 e. The third-order valence-electron chi connectivity index (χ3n) is 0.914. The number of nitrogens with zero attached hydrogens (tertiary/aromatic N) is 1. The van der Waals surface area contributed by atoms with Gasteiger partial charge < -0.3 is 15.0 Å². The van der Waals surface area contributed by atoms with Crippen LogP contribution in [0.4, 0.5) is 0 Å². The standard InChI is InChI=1S/C5H4NO3/c7-5(8)4-1-2-6(9)3-4/h1-3H,(H,7,8)/q-1. The highest BCUT2D eigenvalue weighted by Gasteiger charge is 1.99. The Morgan fingerprint density at radius 2 is 2.44 bits per heavy atom. The molecule has 0 aliphatic carbocycles. The van der Waals surface area contributed by atoms with Crippen LogP contribution in [0.5, 0.6) is 0 Å². The Hall–Kier alpha value is -1.45. The predicted molar refractivity (Wildman–Crippen MR) is 30.2 cm³/mol. The number of carbonyl (C=O) groups is 1. The summed E-state index contributed by atoms with van der Waals surface area (Å²) < 4.78 is 0.448. The second kappa shape index (κ2) is 1.81. The molecule has 1 heterocycles. The zero-order valence-corrected chi connectivity index (χ0v) is 4.44. The second-order valence-electron chi connectivity index (χ2n) is 1.57. The first-order valence-corrected chi connectivity index (χ1v) is 2.29. The van der Waals surface area contributed by atoms with E-state index < -0.39 is 5.97 Å². The first-order valence-electron chi connectivity index (χ1n) is 2.29. The molecule has 0 radical (unpaired) electrons. The number of carboxylic acids is 1. The van der Waals surface area contributed by atoms with Gasteiger partial charge in [-0.3, -0.25) is 0 Å². The largest absolute Gasteiger partial charge is 0.806 e. The Morgan fingerprint density at radius 1 is 1.78 bits per heavy atom. The first-order chi connectivity index (χ1) is 4.20. The maximum atomic E-state index is 10.2. The van der Waals surface area contributed by atoms with Crippen molar-refractivity contribution in [1.82, 2.24) is 4.73 Å². The topological polar surface area (TPSA) is 65.3 Å². The molecule has 0 aromatic carbocycles. The van der Waals surface area contributed by atoms with Crippen LogP contribution in [-0.2, 0) is 0 Å². The molecule has 0 bridgehead atoms. The molecule has 9 heavy (non-hydrogen) atoms. The van der Waals surface area contributed by atoms with Crippen LogP contribution in [0.15, 0.2) is 18.5 Å². The van der Waals surface area contributed by atoms with E-state index in [1.165, 1.54) is 6.07 Å². The maximum absolute atomic E-state index is 10.2. The fourth-order valence-corrected chi connectivity index (χ4v) is 0.503. The summed E-state index contributed by atoms with van der Waals surface area (Å²) in [7, 11) is 0. The van der Waals surface area contributed by atoms with Gasteiger partial charge in [0.2, 0.25) is 0 Å². The van der Waals surface area contributed by atoms with Crippen molar-refractivity contribution in [3.63, 3.8) is 0 Å². The van der Waals surface area contributed by atoms with E-state index in [2.05, 4.69) is 0 Å². The molecule has 0 saturated heterocycles. The van der Waals surface area contributed by atoms with Crippen LogP contribution in [0.2, 0.25) is 0 Å². The zero-order valence-electron chi connectivity index (χ0n) is 4.44. The minimum atomic E-state index is -1.08. The lowest BCUT2D eigenvalue weighted by Crippen LogP contribution is -1.92. The summed E-state index contributed by atoms with van der Waals surface area (Å²) in [5, 5.41) is 18.5. The Labute approximate surface area is 50.9 Å². The highest BCUT2D eigenvalue weighted by atomic mass is 16.5. The molecule has 1 N–H and O–H groups in total. The van der Waals surface area contributed by atoms with Gasteiger partial charge in [0, 0.05) is 6.20 Å². The van der Waals surface area contributed by atoms with Crippen molar-refractivity contribution < 1.29 is 9.90 Å². The monoisotopic (exact) mass is 126 g/mol. The third kappa shape index (κ3) is 1.02. The molecule has 1 aromatic heterocycles. The van der Waals surface area contributed by atoms with Gasteiger partial charge in [0.1, 0.15) is 0 Å². The average molecular weight is 126 g/mol. The van der Waals surface area contributed by atoms with E-state index in [1.807, 2.05) is 0 Å². The Balaban J connectivity index is 2.98. The van der Waals surface area contributed by atoms with Crippen molar-refractivity contribution >= 4 is 5.97 Å². The number of carboxylic acid groups (broad SMARTS) is 1. The van der Waals surface area contributed by atoms with Crippen molar-refractivity contribution in [3.8, 4) is 0 Å². The van der Waals surface area contributed by atoms with Crippen LogP contribution in [0.1, 0.15) is 10.4 Å². The van der Waals surface area contributed by atoms with Crippen LogP contribution in [0.3, 0.4) is 0 Å². The SMILES string of the molecule is O=C(O)c1ccn([O-])c1. The molecule has 1 rings (SSSR count). The average Bonchev–Trinajstić information content (AvgIpc) is 2.14. The Bertz CT molecular complexity index is 228. The van der Waals surface area contributed by atoms with E-state index in [1.54, 1.807) is 0 Å². The number of aromatic carboxylic acids is 1. The Morgan fingerprint density at radius 3 is 2.67 bits per heavy atom. The van der Waals surface area contributed by atoms with Crippen molar-refractivity contribution in [2.75, 3.05) is 0 Å². The minimum absolute atomic E-state index is 0.0185. The molecule has 4 heteroatoms. The van der Waals surface area contributed by atoms with Crippen LogP contribution in [0, 0.1) is 5.21 Å². The van der Waals surface area contributed by atoms with Crippen LogP contribution in [0.25, 0.3) is 0 Å². The normalized spacial score (nSPS) is 9.33. The summed E-state index contributed by atoms with van der Waals surface area (Å²) in [5.74, 6) is -1.08. The van der Waals surface area contributed by atoms with E-state index in [9.17, 15) is 10.0 Å². The van der Waals surface area contributed by atoms with Crippen LogP contribution in [-0.4, -0.2) is 15.8 Å². The first kappa shape index (κ1) is 5.68. The van der Waals surface area contributed by atoms with E-state index >= 15 is 0 Å². The summed E-state index contributed by atoms with van der Waals surface area (Å²) in [6, 6.07) is 1.25. The summed E-state index contributed by atoms with van der Waals surface area (Å²) in [4.78, 5) is 10.1. The number of hydrogen-bond acceptors (Lipinski definition) is 2. The number of hydrogen-bond donors (Lipinski definition) is 1. The summed E-state index contributed by atoms with van der Waals surface area (Å²) in [6.45, 7) is 0. The smallest absolute Gasteiger partial charge is 0.337 e. The molecule has 4 nitrogen and oxygen atoms in total. The molecule has 0 amide bonds. The van der Waals surface area contributed by atoms with Crippen LogP contribution >= 0.6 is 0 Å². The molecule has 0 aliphatic heterocycles. The fourth-order valence-electron chi connectivity index (χ4n) is 0.503. The predicted octanol–water partition coefficient (Wildman–Crippen LogP) is 0.532. The van der Waals surface area contributed by atoms with Gasteiger partial charge in [0.25, 0.3) is 0 Å². The molecule has 0 aliphatic rings. The highest BCUT2D eigenvalue weighted by Crippen LogP contribution is 1.97. The Kier molecular flexibility index (Phi) is 1.14. The molecule has 0 saturated carbocycles. The zero-order chi connectivity index (χ0) is 6.85. The molecule has 0 unspecified atom stereocenters. The van der Waals surface area contributed by atoms with Gasteiger partial charge in [-0.1, -0.05) is 0 Å². The summed E-state index contributed by atoms with van der Waals surface area (Å²) in [6.07, 6.45) is 2.14. The van der Waals surface area contributed by atoms with Crippen molar-refractivity contribution in [1.29, 1.82) is 0 Å². The molecular weight excluding hydrogens is 122 g/mol. The molecule has 0 fully saturated rings. The van der Waals surface area contributed by atoms with Crippen molar-refractivity contribution in [2.45, 2.75) is 0 Å². The third-order valence-corrected chi connectivity index (χ3v) is 0.914. The van der Waals surface area contributed by atoms with Gasteiger partial charge in [-0.05, 0) is 12.3 Å². The van der Waals surface area contributed by atoms with Gasteiger partial charge in [0.15, 0.2) is 0 Å². The molecule has 0 atom stereocenters. The summed E-state index contributed by atoms with van der Waals surface area (Å²) >= 11 is 0. The van der Waals surface area contributed by atoms with Crippen molar-refractivity contribution in [3.05, 3.63) is 29.2 Å². The van der Waals surface area contributed by atoms with E-state index in [4.69, 9.17) is 5.11 Å². The van der Waals surface area contributed by atoms with Gasteiger partial charge in [-0.25, -0.2) is 4.79 Å². The van der Waals surface area contributed by atoms with Gasteiger partial charge in [-0.2, -0.15) is 0 Å². The molecule has 48 valence electrons. The quantitative estimate of drug-likeness (QED) is 0.596. The molecule has 1 aromatic rings. The fraction of sp³-hybridized carbons (Fsp3) is 0. The molecule has 0 spiro atoms. The lowest BCUT2D eigenvalue weighted by molar-refractivity contribution is 0.0697. The van der Waals surface area contributed by atoms with E-state index in [-0.39, 0.29) is 5.56 Å². The van der Waals surface area contributed by atoms with Crippen molar-refractivity contribution in [2.24, 2.45) is 0 Å². The van der Waals surface area contributed by atoms with Gasteiger partial charge in [0.05, 0.1) is 5.56 Å². The lowest BCUT2D eigenvalue weighted by atomic mass is 10.4. The van der Waals surface area contributed by atoms with E-state index in [0.717, 1.165) is 12.4 Å². The number of aromatic nitrogens is 1. The molecular formula is C5H4NO3-.